The van der Waals surface area contributed by atoms with Crippen molar-refractivity contribution in [2.24, 2.45) is 5.73 Å². The first kappa shape index (κ1) is 18.0. The molecule has 0 heterocycles. The van der Waals surface area contributed by atoms with E-state index in [0.717, 1.165) is 6.42 Å². The first-order valence-corrected chi connectivity index (χ1v) is 6.74. The Balaban J connectivity index is 2.59. The summed E-state index contributed by atoms with van der Waals surface area (Å²) in [5.74, 6) is -1.19. The fraction of sp³-hybridized carbons (Fsp3) is 0.429. The molecule has 0 aromatic heterocycles. The lowest BCUT2D eigenvalue weighted by Crippen LogP contribution is -2.35. The summed E-state index contributed by atoms with van der Waals surface area (Å²) in [5, 5.41) is 4.34. The topological polar surface area (TPSA) is 84.2 Å². The van der Waals surface area contributed by atoms with Crippen LogP contribution in [0.4, 0.5) is 18.9 Å². The van der Waals surface area contributed by atoms with Gasteiger partial charge < -0.3 is 16.4 Å². The van der Waals surface area contributed by atoms with Crippen molar-refractivity contribution < 1.29 is 22.8 Å². The van der Waals surface area contributed by atoms with Gasteiger partial charge in [0.15, 0.2) is 0 Å². The Morgan fingerprint density at radius 2 is 1.82 bits per heavy atom. The molecular weight excluding hydrogens is 299 g/mol. The van der Waals surface area contributed by atoms with E-state index in [1.54, 1.807) is 5.32 Å². The molecular formula is C14H18F3N3O2. The van der Waals surface area contributed by atoms with E-state index in [2.05, 4.69) is 5.32 Å². The predicted octanol–water partition coefficient (Wildman–Crippen LogP) is 2.04. The molecule has 0 fully saturated rings. The van der Waals surface area contributed by atoms with Gasteiger partial charge in [0, 0.05) is 11.3 Å². The number of hydrogen-bond donors (Lipinski definition) is 3. The number of hydrogen-bond acceptors (Lipinski definition) is 3. The van der Waals surface area contributed by atoms with Gasteiger partial charge in [0.1, 0.15) is 6.54 Å². The maximum atomic E-state index is 12.0. The Morgan fingerprint density at radius 3 is 2.32 bits per heavy atom. The van der Waals surface area contributed by atoms with Gasteiger partial charge >= 0.3 is 6.18 Å². The van der Waals surface area contributed by atoms with Crippen molar-refractivity contribution in [1.29, 1.82) is 0 Å². The summed E-state index contributed by atoms with van der Waals surface area (Å²) in [7, 11) is 0. The standard InChI is InChI=1S/C14H18F3N3O2/c1-2-3-11(18)13(22)20-10-6-4-9(5-7-10)12(21)19-8-14(15,16)17/h4-7,11H,2-3,8,18H2,1H3,(H,19,21)(H,20,22). The summed E-state index contributed by atoms with van der Waals surface area (Å²) in [6.45, 7) is 0.512. The minimum atomic E-state index is -4.46. The molecule has 0 saturated heterocycles. The lowest BCUT2D eigenvalue weighted by atomic mass is 10.1. The van der Waals surface area contributed by atoms with Gasteiger partial charge in [-0.15, -0.1) is 0 Å². The number of nitrogens with one attached hydrogen (secondary N) is 2. The normalized spacial score (nSPS) is 12.6. The number of benzene rings is 1. The molecule has 8 heteroatoms. The number of anilines is 1. The van der Waals surface area contributed by atoms with Crippen LogP contribution < -0.4 is 16.4 Å². The third kappa shape index (κ3) is 6.13. The van der Waals surface area contributed by atoms with Crippen LogP contribution in [0.15, 0.2) is 24.3 Å². The molecule has 0 bridgehead atoms. The van der Waals surface area contributed by atoms with Crippen molar-refractivity contribution in [2.45, 2.75) is 32.0 Å². The first-order chi connectivity index (χ1) is 10.2. The highest BCUT2D eigenvalue weighted by molar-refractivity contribution is 5.97. The molecule has 0 radical (unpaired) electrons. The minimum absolute atomic E-state index is 0.0695. The summed E-state index contributed by atoms with van der Waals surface area (Å²) in [5.41, 5.74) is 6.14. The van der Waals surface area contributed by atoms with E-state index >= 15 is 0 Å². The molecule has 4 N–H and O–H groups in total. The molecule has 2 amide bonds. The van der Waals surface area contributed by atoms with Crippen LogP contribution in [-0.4, -0.2) is 30.6 Å². The van der Waals surface area contributed by atoms with E-state index in [1.165, 1.54) is 24.3 Å². The Labute approximate surface area is 126 Å². The van der Waals surface area contributed by atoms with Gasteiger partial charge in [0.05, 0.1) is 6.04 Å². The number of amides is 2. The average Bonchev–Trinajstić information content (AvgIpc) is 2.45. The quantitative estimate of drug-likeness (QED) is 0.751. The number of carbonyl (C=O) groups excluding carboxylic acids is 2. The SMILES string of the molecule is CCCC(N)C(=O)Nc1ccc(C(=O)NCC(F)(F)F)cc1. The van der Waals surface area contributed by atoms with Crippen molar-refractivity contribution in [2.75, 3.05) is 11.9 Å². The zero-order valence-electron chi connectivity index (χ0n) is 12.0. The first-order valence-electron chi connectivity index (χ1n) is 6.74. The number of nitrogens with two attached hydrogens (primary N) is 1. The molecule has 0 saturated carbocycles. The summed E-state index contributed by atoms with van der Waals surface area (Å²) < 4.78 is 36.0. The van der Waals surface area contributed by atoms with E-state index in [1.807, 2.05) is 6.92 Å². The van der Waals surface area contributed by atoms with Crippen molar-refractivity contribution in [3.05, 3.63) is 29.8 Å². The summed E-state index contributed by atoms with van der Waals surface area (Å²) in [6.07, 6.45) is -3.14. The number of rotatable bonds is 6. The molecule has 1 rings (SSSR count). The zero-order chi connectivity index (χ0) is 16.8. The fourth-order valence-electron chi connectivity index (χ4n) is 1.66. The molecule has 1 unspecified atom stereocenters. The van der Waals surface area contributed by atoms with Crippen molar-refractivity contribution in [1.82, 2.24) is 5.32 Å². The second kappa shape index (κ2) is 7.79. The Hall–Kier alpha value is -2.09. The molecule has 1 aromatic carbocycles. The molecule has 0 aliphatic rings. The van der Waals surface area contributed by atoms with Gasteiger partial charge in [-0.1, -0.05) is 13.3 Å². The Bertz CT molecular complexity index is 515. The maximum Gasteiger partial charge on any atom is 0.405 e. The molecule has 122 valence electrons. The lowest BCUT2D eigenvalue weighted by Gasteiger charge is -2.12. The van der Waals surface area contributed by atoms with Crippen LogP contribution in [-0.2, 0) is 4.79 Å². The van der Waals surface area contributed by atoms with Crippen molar-refractivity contribution in [3.8, 4) is 0 Å². The van der Waals surface area contributed by atoms with Gasteiger partial charge in [-0.3, -0.25) is 9.59 Å². The monoisotopic (exact) mass is 317 g/mol. The lowest BCUT2D eigenvalue weighted by molar-refractivity contribution is -0.123. The molecule has 5 nitrogen and oxygen atoms in total. The second-order valence-electron chi connectivity index (χ2n) is 4.76. The number of halogens is 3. The largest absolute Gasteiger partial charge is 0.405 e. The Kier molecular flexibility index (Phi) is 6.36. The number of alkyl halides is 3. The molecule has 1 aromatic rings. The fourth-order valence-corrected chi connectivity index (χ4v) is 1.66. The van der Waals surface area contributed by atoms with Gasteiger partial charge in [-0.05, 0) is 30.7 Å². The highest BCUT2D eigenvalue weighted by atomic mass is 19.4. The van der Waals surface area contributed by atoms with E-state index in [4.69, 9.17) is 5.73 Å². The van der Waals surface area contributed by atoms with Crippen LogP contribution in [0.2, 0.25) is 0 Å². The zero-order valence-corrected chi connectivity index (χ0v) is 12.0. The summed E-state index contributed by atoms with van der Waals surface area (Å²) in [6, 6.07) is 4.89. The van der Waals surface area contributed by atoms with E-state index < -0.39 is 24.7 Å². The molecule has 0 spiro atoms. The second-order valence-corrected chi connectivity index (χ2v) is 4.76. The third-order valence-electron chi connectivity index (χ3n) is 2.80. The molecule has 22 heavy (non-hydrogen) atoms. The smallest absolute Gasteiger partial charge is 0.343 e. The van der Waals surface area contributed by atoms with Crippen LogP contribution in [0.5, 0.6) is 0 Å². The van der Waals surface area contributed by atoms with E-state index in [9.17, 15) is 22.8 Å². The highest BCUT2D eigenvalue weighted by Crippen LogP contribution is 2.14. The van der Waals surface area contributed by atoms with Crippen LogP contribution in [0, 0.1) is 0 Å². The predicted molar refractivity (Wildman–Crippen MR) is 76.3 cm³/mol. The summed E-state index contributed by atoms with van der Waals surface area (Å²) >= 11 is 0. The van der Waals surface area contributed by atoms with Crippen LogP contribution in [0.1, 0.15) is 30.1 Å². The number of carbonyl (C=O) groups is 2. The molecule has 1 atom stereocenters. The van der Waals surface area contributed by atoms with Crippen LogP contribution >= 0.6 is 0 Å². The van der Waals surface area contributed by atoms with Gasteiger partial charge in [0.2, 0.25) is 5.91 Å². The van der Waals surface area contributed by atoms with Crippen LogP contribution in [0.25, 0.3) is 0 Å². The van der Waals surface area contributed by atoms with Crippen LogP contribution in [0.3, 0.4) is 0 Å². The summed E-state index contributed by atoms with van der Waals surface area (Å²) in [4.78, 5) is 23.2. The van der Waals surface area contributed by atoms with Crippen molar-refractivity contribution in [3.63, 3.8) is 0 Å². The maximum absolute atomic E-state index is 12.0. The van der Waals surface area contributed by atoms with E-state index in [0.29, 0.717) is 12.1 Å². The molecule has 0 aliphatic heterocycles. The van der Waals surface area contributed by atoms with Gasteiger partial charge in [-0.2, -0.15) is 13.2 Å². The Morgan fingerprint density at radius 1 is 1.23 bits per heavy atom. The highest BCUT2D eigenvalue weighted by Gasteiger charge is 2.27. The average molecular weight is 317 g/mol. The molecule has 0 aliphatic carbocycles. The minimum Gasteiger partial charge on any atom is -0.343 e. The third-order valence-corrected chi connectivity index (χ3v) is 2.80. The van der Waals surface area contributed by atoms with E-state index in [-0.39, 0.29) is 11.5 Å². The van der Waals surface area contributed by atoms with Gasteiger partial charge in [0.25, 0.3) is 5.91 Å². The van der Waals surface area contributed by atoms with Gasteiger partial charge in [-0.25, -0.2) is 0 Å². The van der Waals surface area contributed by atoms with Crippen molar-refractivity contribution >= 4 is 17.5 Å².